The molecule has 2 aromatic carbocycles. The van der Waals surface area contributed by atoms with E-state index in [1.54, 1.807) is 36.4 Å². The lowest BCUT2D eigenvalue weighted by Gasteiger charge is -2.09. The van der Waals surface area contributed by atoms with Crippen molar-refractivity contribution in [2.75, 3.05) is 5.32 Å². The monoisotopic (exact) mass is 357 g/mol. The molecule has 0 heterocycles. The van der Waals surface area contributed by atoms with E-state index in [4.69, 9.17) is 23.2 Å². The van der Waals surface area contributed by atoms with E-state index < -0.39 is 0 Å². The highest BCUT2D eigenvalue weighted by Gasteiger charge is 2.10. The average molecular weight is 359 g/mol. The summed E-state index contributed by atoms with van der Waals surface area (Å²) < 4.78 is 0.656. The first kappa shape index (κ1) is 14.4. The van der Waals surface area contributed by atoms with E-state index in [9.17, 15) is 4.79 Å². The minimum Gasteiger partial charge on any atom is -0.321 e. The molecule has 0 aliphatic rings. The van der Waals surface area contributed by atoms with E-state index >= 15 is 0 Å². The zero-order valence-electron chi connectivity index (χ0n) is 10.0. The molecule has 2 nitrogen and oxygen atoms in total. The minimum atomic E-state index is -0.228. The number of anilines is 1. The number of aryl methyl sites for hydroxylation is 1. The Kier molecular flexibility index (Phi) is 4.50. The molecule has 0 atom stereocenters. The van der Waals surface area contributed by atoms with Gasteiger partial charge in [0.2, 0.25) is 0 Å². The molecule has 98 valence electrons. The fourth-order valence-electron chi connectivity index (χ4n) is 1.66. The Hall–Kier alpha value is -1.03. The highest BCUT2D eigenvalue weighted by Crippen LogP contribution is 2.30. The zero-order chi connectivity index (χ0) is 14.0. The van der Waals surface area contributed by atoms with Gasteiger partial charge < -0.3 is 5.32 Å². The van der Waals surface area contributed by atoms with E-state index in [0.717, 1.165) is 5.56 Å². The van der Waals surface area contributed by atoms with Crippen LogP contribution in [0, 0.1) is 6.92 Å². The quantitative estimate of drug-likeness (QED) is 0.773. The molecule has 0 aromatic heterocycles. The molecule has 0 fully saturated rings. The first-order valence-corrected chi connectivity index (χ1v) is 7.05. The fraction of sp³-hybridized carbons (Fsp3) is 0.0714. The van der Waals surface area contributed by atoms with Gasteiger partial charge in [-0.25, -0.2) is 0 Å². The van der Waals surface area contributed by atoms with Crippen LogP contribution in [0.25, 0.3) is 0 Å². The number of hydrogen-bond acceptors (Lipinski definition) is 1. The Morgan fingerprint density at radius 1 is 1.21 bits per heavy atom. The van der Waals surface area contributed by atoms with E-state index in [1.807, 2.05) is 6.92 Å². The number of carbonyl (C=O) groups is 1. The van der Waals surface area contributed by atoms with E-state index in [0.29, 0.717) is 25.8 Å². The Balaban J connectivity index is 2.28. The smallest absolute Gasteiger partial charge is 0.255 e. The summed E-state index contributed by atoms with van der Waals surface area (Å²) in [6.45, 7) is 1.89. The molecule has 0 saturated carbocycles. The number of carbonyl (C=O) groups excluding carboxylic acids is 1. The van der Waals surface area contributed by atoms with Gasteiger partial charge >= 0.3 is 0 Å². The molecule has 0 spiro atoms. The zero-order valence-corrected chi connectivity index (χ0v) is 13.1. The molecular weight excluding hydrogens is 349 g/mol. The number of rotatable bonds is 2. The van der Waals surface area contributed by atoms with Crippen LogP contribution in [0.15, 0.2) is 40.9 Å². The summed E-state index contributed by atoms with van der Waals surface area (Å²) in [4.78, 5) is 12.1. The minimum absolute atomic E-state index is 0.228. The van der Waals surface area contributed by atoms with E-state index in [-0.39, 0.29) is 5.91 Å². The molecule has 0 aliphatic heterocycles. The molecule has 0 radical (unpaired) electrons. The van der Waals surface area contributed by atoms with Crippen molar-refractivity contribution in [1.82, 2.24) is 0 Å². The lowest BCUT2D eigenvalue weighted by atomic mass is 10.1. The van der Waals surface area contributed by atoms with Crippen LogP contribution in [0.5, 0.6) is 0 Å². The summed E-state index contributed by atoms with van der Waals surface area (Å²) in [7, 11) is 0. The Morgan fingerprint density at radius 3 is 2.63 bits per heavy atom. The number of amides is 1. The van der Waals surface area contributed by atoms with Crippen LogP contribution in [-0.2, 0) is 0 Å². The van der Waals surface area contributed by atoms with Gasteiger partial charge in [-0.1, -0.05) is 29.3 Å². The van der Waals surface area contributed by atoms with Gasteiger partial charge in [0, 0.05) is 10.6 Å². The van der Waals surface area contributed by atoms with Crippen LogP contribution in [-0.4, -0.2) is 5.91 Å². The molecule has 1 N–H and O–H groups in total. The second kappa shape index (κ2) is 5.95. The maximum atomic E-state index is 12.1. The van der Waals surface area contributed by atoms with Crippen molar-refractivity contribution in [2.24, 2.45) is 0 Å². The van der Waals surface area contributed by atoms with Gasteiger partial charge in [0.1, 0.15) is 0 Å². The van der Waals surface area contributed by atoms with Crippen LogP contribution in [0.4, 0.5) is 5.69 Å². The maximum Gasteiger partial charge on any atom is 0.255 e. The SMILES string of the molecule is Cc1cc(Cl)cc(C(=O)Nc2cccc(Cl)c2Br)c1. The molecule has 0 unspecified atom stereocenters. The van der Waals surface area contributed by atoms with Crippen molar-refractivity contribution in [2.45, 2.75) is 6.92 Å². The van der Waals surface area contributed by atoms with Gasteiger partial charge in [0.25, 0.3) is 5.91 Å². The number of benzene rings is 2. The maximum absolute atomic E-state index is 12.1. The summed E-state index contributed by atoms with van der Waals surface area (Å²) in [6, 6.07) is 10.5. The van der Waals surface area contributed by atoms with Gasteiger partial charge in [-0.05, 0) is 58.7 Å². The van der Waals surface area contributed by atoms with Crippen molar-refractivity contribution in [3.63, 3.8) is 0 Å². The predicted molar refractivity (Wildman–Crippen MR) is 83.3 cm³/mol. The average Bonchev–Trinajstić information content (AvgIpc) is 2.33. The molecular formula is C14H10BrCl2NO. The van der Waals surface area contributed by atoms with Crippen LogP contribution in [0.3, 0.4) is 0 Å². The van der Waals surface area contributed by atoms with Crippen molar-refractivity contribution >= 4 is 50.7 Å². The molecule has 0 bridgehead atoms. The topological polar surface area (TPSA) is 29.1 Å². The predicted octanol–water partition coefficient (Wildman–Crippen LogP) is 5.32. The van der Waals surface area contributed by atoms with Gasteiger partial charge in [0.05, 0.1) is 15.2 Å². The first-order chi connectivity index (χ1) is 8.97. The Morgan fingerprint density at radius 2 is 1.95 bits per heavy atom. The fourth-order valence-corrected chi connectivity index (χ4v) is 2.49. The molecule has 5 heteroatoms. The first-order valence-electron chi connectivity index (χ1n) is 5.50. The van der Waals surface area contributed by atoms with Gasteiger partial charge in [-0.15, -0.1) is 0 Å². The van der Waals surface area contributed by atoms with Gasteiger partial charge in [0.15, 0.2) is 0 Å². The van der Waals surface area contributed by atoms with Crippen molar-refractivity contribution in [1.29, 1.82) is 0 Å². The summed E-state index contributed by atoms with van der Waals surface area (Å²) in [5.74, 6) is -0.228. The number of hydrogen-bond donors (Lipinski definition) is 1. The number of nitrogens with one attached hydrogen (secondary N) is 1. The van der Waals surface area contributed by atoms with E-state index in [2.05, 4.69) is 21.2 Å². The summed E-state index contributed by atoms with van der Waals surface area (Å²) >= 11 is 15.3. The van der Waals surface area contributed by atoms with Crippen LogP contribution in [0.1, 0.15) is 15.9 Å². The number of halogens is 3. The van der Waals surface area contributed by atoms with Crippen LogP contribution in [0.2, 0.25) is 10.0 Å². The molecule has 2 aromatic rings. The van der Waals surface area contributed by atoms with Crippen LogP contribution >= 0.6 is 39.1 Å². The molecule has 0 aliphatic carbocycles. The molecule has 19 heavy (non-hydrogen) atoms. The molecule has 1 amide bonds. The van der Waals surface area contributed by atoms with Gasteiger partial charge in [-0.2, -0.15) is 0 Å². The van der Waals surface area contributed by atoms with Gasteiger partial charge in [-0.3, -0.25) is 4.79 Å². The third kappa shape index (κ3) is 3.50. The van der Waals surface area contributed by atoms with Crippen molar-refractivity contribution in [3.05, 3.63) is 62.0 Å². The summed E-state index contributed by atoms with van der Waals surface area (Å²) in [6.07, 6.45) is 0. The van der Waals surface area contributed by atoms with E-state index in [1.165, 1.54) is 0 Å². The van der Waals surface area contributed by atoms with Crippen molar-refractivity contribution in [3.8, 4) is 0 Å². The molecule has 2 rings (SSSR count). The third-order valence-corrected chi connectivity index (χ3v) is 4.12. The van der Waals surface area contributed by atoms with Crippen LogP contribution < -0.4 is 5.32 Å². The summed E-state index contributed by atoms with van der Waals surface area (Å²) in [5, 5.41) is 3.87. The molecule has 0 saturated heterocycles. The largest absolute Gasteiger partial charge is 0.321 e. The Labute approximate surface area is 129 Å². The Bertz CT molecular complexity index is 623. The second-order valence-electron chi connectivity index (χ2n) is 4.07. The lowest BCUT2D eigenvalue weighted by Crippen LogP contribution is -2.12. The third-order valence-electron chi connectivity index (χ3n) is 2.50. The summed E-state index contributed by atoms with van der Waals surface area (Å²) in [5.41, 5.74) is 2.06. The second-order valence-corrected chi connectivity index (χ2v) is 5.71. The lowest BCUT2D eigenvalue weighted by molar-refractivity contribution is 0.102. The van der Waals surface area contributed by atoms with Crippen molar-refractivity contribution < 1.29 is 4.79 Å². The highest BCUT2D eigenvalue weighted by molar-refractivity contribution is 9.10. The highest BCUT2D eigenvalue weighted by atomic mass is 79.9. The normalized spacial score (nSPS) is 10.3. The standard InChI is InChI=1S/C14H10BrCl2NO/c1-8-5-9(7-10(16)6-8)14(19)18-12-4-2-3-11(17)13(12)15/h2-7H,1H3,(H,18,19).